The largest absolute Gasteiger partial charge is 0.0985 e. The van der Waals surface area contributed by atoms with Crippen LogP contribution in [-0.4, -0.2) is 0 Å². The van der Waals surface area contributed by atoms with Crippen molar-refractivity contribution in [3.8, 4) is 0 Å². The molecule has 0 saturated carbocycles. The van der Waals surface area contributed by atoms with Gasteiger partial charge in [0.2, 0.25) is 0 Å². The Kier molecular flexibility index (Phi) is 7.34. The summed E-state index contributed by atoms with van der Waals surface area (Å²) in [5.74, 6) is 0. The Morgan fingerprint density at radius 2 is 2.16 bits per heavy atom. The van der Waals surface area contributed by atoms with Gasteiger partial charge < -0.3 is 0 Å². The minimum absolute atomic E-state index is 1.03. The van der Waals surface area contributed by atoms with Gasteiger partial charge in [-0.1, -0.05) is 73.4 Å². The van der Waals surface area contributed by atoms with Gasteiger partial charge in [-0.3, -0.25) is 0 Å². The van der Waals surface area contributed by atoms with Gasteiger partial charge in [0.05, 0.1) is 0 Å². The average molecular weight is 252 g/mol. The Morgan fingerprint density at radius 3 is 2.89 bits per heavy atom. The van der Waals surface area contributed by atoms with Crippen LogP contribution in [0.15, 0.2) is 84.6 Å². The zero-order valence-corrected chi connectivity index (χ0v) is 11.9. The molecule has 0 aromatic heterocycles. The molecule has 0 nitrogen and oxygen atoms in total. The van der Waals surface area contributed by atoms with Gasteiger partial charge in [-0.05, 0) is 43.8 Å². The molecule has 0 saturated heterocycles. The van der Waals surface area contributed by atoms with Crippen molar-refractivity contribution in [3.05, 3.63) is 84.6 Å². The van der Waals surface area contributed by atoms with Crippen molar-refractivity contribution in [3.63, 3.8) is 0 Å². The highest BCUT2D eigenvalue weighted by Crippen LogP contribution is 2.20. The summed E-state index contributed by atoms with van der Waals surface area (Å²) in [6.45, 7) is 10.0. The first-order valence-corrected chi connectivity index (χ1v) is 6.92. The Balaban J connectivity index is 2.42. The van der Waals surface area contributed by atoms with Crippen LogP contribution in [0, 0.1) is 0 Å². The molecule has 0 aromatic carbocycles. The van der Waals surface area contributed by atoms with E-state index in [-0.39, 0.29) is 0 Å². The van der Waals surface area contributed by atoms with Crippen LogP contribution in [0.5, 0.6) is 0 Å². The maximum absolute atomic E-state index is 4.16. The molecule has 19 heavy (non-hydrogen) atoms. The first-order chi connectivity index (χ1) is 9.27. The van der Waals surface area contributed by atoms with Crippen molar-refractivity contribution in [1.82, 2.24) is 0 Å². The minimum atomic E-state index is 1.03. The van der Waals surface area contributed by atoms with Gasteiger partial charge in [0.1, 0.15) is 0 Å². The lowest BCUT2D eigenvalue weighted by Gasteiger charge is -2.07. The monoisotopic (exact) mass is 252 g/mol. The molecule has 0 aromatic rings. The number of allylic oxidation sites excluding steroid dienone is 12. The van der Waals surface area contributed by atoms with E-state index in [1.165, 1.54) is 11.1 Å². The Bertz CT molecular complexity index is 450. The van der Waals surface area contributed by atoms with Crippen LogP contribution in [0.1, 0.15) is 32.6 Å². The van der Waals surface area contributed by atoms with Crippen molar-refractivity contribution in [2.75, 3.05) is 0 Å². The van der Waals surface area contributed by atoms with Gasteiger partial charge in [0, 0.05) is 0 Å². The fraction of sp³-hybridized carbons (Fsp3) is 0.263. The second-order valence-electron chi connectivity index (χ2n) is 4.65. The predicted molar refractivity (Wildman–Crippen MR) is 87.1 cm³/mol. The fourth-order valence-corrected chi connectivity index (χ4v) is 2.01. The third-order valence-corrected chi connectivity index (χ3v) is 3.14. The van der Waals surface area contributed by atoms with Crippen LogP contribution >= 0.6 is 0 Å². The maximum Gasteiger partial charge on any atom is -0.0133 e. The summed E-state index contributed by atoms with van der Waals surface area (Å²) < 4.78 is 0. The van der Waals surface area contributed by atoms with Crippen LogP contribution in [0.2, 0.25) is 0 Å². The second-order valence-corrected chi connectivity index (χ2v) is 4.65. The SMILES string of the molecule is C=C/C(=C\C=C/C)C(=C)CCCC1=CC=CC=CC1. The second kappa shape index (κ2) is 9.16. The van der Waals surface area contributed by atoms with E-state index in [0.29, 0.717) is 0 Å². The van der Waals surface area contributed by atoms with Crippen molar-refractivity contribution >= 4 is 0 Å². The van der Waals surface area contributed by atoms with E-state index >= 15 is 0 Å². The van der Waals surface area contributed by atoms with Gasteiger partial charge in [-0.25, -0.2) is 0 Å². The van der Waals surface area contributed by atoms with E-state index in [4.69, 9.17) is 0 Å². The molecule has 100 valence electrons. The van der Waals surface area contributed by atoms with Gasteiger partial charge in [-0.15, -0.1) is 0 Å². The standard InChI is InChI=1S/C19H24/c1-4-6-16-19(5-2)17(3)12-11-15-18-13-9-7-8-10-14-18/h4-10,13,16H,2-3,11-12,14-15H2,1H3/b6-4-,19-16+. The van der Waals surface area contributed by atoms with E-state index in [0.717, 1.165) is 31.3 Å². The summed E-state index contributed by atoms with van der Waals surface area (Å²) >= 11 is 0. The van der Waals surface area contributed by atoms with E-state index in [9.17, 15) is 0 Å². The molecule has 0 bridgehead atoms. The van der Waals surface area contributed by atoms with Crippen molar-refractivity contribution in [2.24, 2.45) is 0 Å². The lowest BCUT2D eigenvalue weighted by atomic mass is 9.98. The average Bonchev–Trinajstić information content (AvgIpc) is 2.68. The molecule has 0 radical (unpaired) electrons. The molecule has 1 aliphatic carbocycles. The van der Waals surface area contributed by atoms with Crippen LogP contribution in [0.3, 0.4) is 0 Å². The molecule has 0 atom stereocenters. The molecule has 1 rings (SSSR count). The zero-order valence-electron chi connectivity index (χ0n) is 11.9. The molecule has 0 spiro atoms. The molecule has 0 N–H and O–H groups in total. The first kappa shape index (κ1) is 15.2. The van der Waals surface area contributed by atoms with E-state index in [2.05, 4.69) is 49.6 Å². The maximum atomic E-state index is 4.16. The highest BCUT2D eigenvalue weighted by molar-refractivity contribution is 5.39. The number of hydrogen-bond donors (Lipinski definition) is 0. The Hall–Kier alpha value is -1.82. The van der Waals surface area contributed by atoms with Crippen molar-refractivity contribution in [1.29, 1.82) is 0 Å². The summed E-state index contributed by atoms with van der Waals surface area (Å²) in [4.78, 5) is 0. The van der Waals surface area contributed by atoms with Crippen molar-refractivity contribution in [2.45, 2.75) is 32.6 Å². The summed E-state index contributed by atoms with van der Waals surface area (Å²) in [6.07, 6.45) is 23.2. The molecule has 0 amide bonds. The van der Waals surface area contributed by atoms with Crippen LogP contribution in [0.4, 0.5) is 0 Å². The van der Waals surface area contributed by atoms with Crippen LogP contribution in [0.25, 0.3) is 0 Å². The normalized spacial score (nSPS) is 15.4. The Labute approximate surface area is 117 Å². The number of hydrogen-bond acceptors (Lipinski definition) is 0. The van der Waals surface area contributed by atoms with E-state index in [1.54, 1.807) is 0 Å². The highest BCUT2D eigenvalue weighted by Gasteiger charge is 2.01. The molecule has 0 aliphatic heterocycles. The van der Waals surface area contributed by atoms with Gasteiger partial charge >= 0.3 is 0 Å². The summed E-state index contributed by atoms with van der Waals surface area (Å²) in [5.41, 5.74) is 3.82. The highest BCUT2D eigenvalue weighted by atomic mass is 14.1. The molecule has 0 heteroatoms. The third-order valence-electron chi connectivity index (χ3n) is 3.14. The lowest BCUT2D eigenvalue weighted by molar-refractivity contribution is 0.799. The molecule has 0 unspecified atom stereocenters. The summed E-state index contributed by atoms with van der Waals surface area (Å²) in [7, 11) is 0. The lowest BCUT2D eigenvalue weighted by Crippen LogP contribution is -1.88. The molecular formula is C19H24. The van der Waals surface area contributed by atoms with Gasteiger partial charge in [0.15, 0.2) is 0 Å². The first-order valence-electron chi connectivity index (χ1n) is 6.92. The molecule has 0 fully saturated rings. The molecular weight excluding hydrogens is 228 g/mol. The predicted octanol–water partition coefficient (Wildman–Crippen LogP) is 5.84. The molecule has 1 aliphatic rings. The van der Waals surface area contributed by atoms with Gasteiger partial charge in [0.25, 0.3) is 0 Å². The summed E-state index contributed by atoms with van der Waals surface area (Å²) in [5, 5.41) is 0. The van der Waals surface area contributed by atoms with Crippen molar-refractivity contribution < 1.29 is 0 Å². The van der Waals surface area contributed by atoms with Crippen LogP contribution in [-0.2, 0) is 0 Å². The van der Waals surface area contributed by atoms with Crippen LogP contribution < -0.4 is 0 Å². The van der Waals surface area contributed by atoms with E-state index < -0.39 is 0 Å². The smallest absolute Gasteiger partial charge is 0.0133 e. The molecule has 0 heterocycles. The van der Waals surface area contributed by atoms with E-state index in [1.807, 2.05) is 25.2 Å². The number of rotatable bonds is 7. The quantitative estimate of drug-likeness (QED) is 0.499. The fourth-order valence-electron chi connectivity index (χ4n) is 2.01. The van der Waals surface area contributed by atoms with Gasteiger partial charge in [-0.2, -0.15) is 0 Å². The third kappa shape index (κ3) is 6.05. The zero-order chi connectivity index (χ0) is 13.9. The topological polar surface area (TPSA) is 0 Å². The summed E-state index contributed by atoms with van der Waals surface area (Å²) in [6, 6.07) is 0. The minimum Gasteiger partial charge on any atom is -0.0985 e. The Morgan fingerprint density at radius 1 is 1.32 bits per heavy atom.